The lowest BCUT2D eigenvalue weighted by Gasteiger charge is -2.04. The molecule has 0 aliphatic rings. The Morgan fingerprint density at radius 1 is 0.833 bits per heavy atom. The number of hydrogen-bond acceptors (Lipinski definition) is 2. The number of hydrogen-bond donors (Lipinski definition) is 2. The van der Waals surface area contributed by atoms with Crippen molar-refractivity contribution in [2.24, 2.45) is 0 Å². The van der Waals surface area contributed by atoms with E-state index in [1.54, 1.807) is 0 Å². The minimum Gasteiger partial charge on any atom is -0.481 e. The molecule has 1 unspecified atom stereocenters. The van der Waals surface area contributed by atoms with Gasteiger partial charge in [0.15, 0.2) is 0 Å². The topological polar surface area (TPSA) is 74.6 Å². The molecule has 0 aromatic heterocycles. The number of unbranched alkanes of at least 4 members (excludes halogenated alkanes) is 7. The summed E-state index contributed by atoms with van der Waals surface area (Å²) in [5.41, 5.74) is 0. The average Bonchev–Trinajstić information content (AvgIpc) is 2.30. The quantitative estimate of drug-likeness (QED) is 0.311. The maximum Gasteiger partial charge on any atom is 0.316 e. The second-order valence-electron chi connectivity index (χ2n) is 4.57. The van der Waals surface area contributed by atoms with E-state index in [0.29, 0.717) is 0 Å². The molecule has 0 spiro atoms. The van der Waals surface area contributed by atoms with Crippen molar-refractivity contribution in [2.75, 3.05) is 0 Å². The van der Waals surface area contributed by atoms with Gasteiger partial charge in [-0.1, -0.05) is 67.5 Å². The molecule has 1 atom stereocenters. The van der Waals surface area contributed by atoms with Crippen molar-refractivity contribution >= 4 is 34.5 Å². The molecule has 2 N–H and O–H groups in total. The molecule has 0 radical (unpaired) electrons. The standard InChI is InChI=1S/C13H23IO4/c14-11(13(17)18)9-7-5-3-1-2-4-6-8-10-12(15)16/h11H,1-10H2,(H,15,16)(H,17,18). The van der Waals surface area contributed by atoms with Crippen molar-refractivity contribution in [3.8, 4) is 0 Å². The van der Waals surface area contributed by atoms with E-state index in [9.17, 15) is 9.59 Å². The molecule has 0 aromatic rings. The molecule has 4 nitrogen and oxygen atoms in total. The average molecular weight is 370 g/mol. The fourth-order valence-corrected chi connectivity index (χ4v) is 2.22. The van der Waals surface area contributed by atoms with Gasteiger partial charge in [0.2, 0.25) is 0 Å². The normalized spacial score (nSPS) is 12.3. The lowest BCUT2D eigenvalue weighted by Crippen LogP contribution is -2.11. The Morgan fingerprint density at radius 2 is 1.28 bits per heavy atom. The van der Waals surface area contributed by atoms with E-state index >= 15 is 0 Å². The van der Waals surface area contributed by atoms with Gasteiger partial charge in [0.05, 0.1) is 0 Å². The summed E-state index contributed by atoms with van der Waals surface area (Å²) in [4.78, 5) is 20.8. The molecule has 0 rings (SSSR count). The predicted molar refractivity (Wildman–Crippen MR) is 79.2 cm³/mol. The number of carboxylic acids is 2. The monoisotopic (exact) mass is 370 g/mol. The molecule has 5 heteroatoms. The summed E-state index contributed by atoms with van der Waals surface area (Å²) in [7, 11) is 0. The zero-order valence-electron chi connectivity index (χ0n) is 10.7. The Bertz CT molecular complexity index is 243. The van der Waals surface area contributed by atoms with Crippen molar-refractivity contribution in [1.82, 2.24) is 0 Å². The van der Waals surface area contributed by atoms with Crippen LogP contribution >= 0.6 is 22.6 Å². The van der Waals surface area contributed by atoms with Crippen LogP contribution in [0.5, 0.6) is 0 Å². The second-order valence-corrected chi connectivity index (χ2v) is 6.07. The number of halogens is 1. The second kappa shape index (κ2) is 11.7. The summed E-state index contributed by atoms with van der Waals surface area (Å²) in [6, 6.07) is 0. The van der Waals surface area contributed by atoms with Crippen molar-refractivity contribution in [3.05, 3.63) is 0 Å². The van der Waals surface area contributed by atoms with E-state index in [2.05, 4.69) is 0 Å². The lowest BCUT2D eigenvalue weighted by atomic mass is 10.1. The molecule has 18 heavy (non-hydrogen) atoms. The summed E-state index contributed by atoms with van der Waals surface area (Å²) >= 11 is 1.97. The summed E-state index contributed by atoms with van der Waals surface area (Å²) < 4.78 is -0.251. The van der Waals surface area contributed by atoms with Gasteiger partial charge in [-0.15, -0.1) is 0 Å². The molecule has 0 saturated heterocycles. The minimum absolute atomic E-state index is 0.251. The molecule has 0 aromatic carbocycles. The van der Waals surface area contributed by atoms with Crippen molar-refractivity contribution in [3.63, 3.8) is 0 Å². The highest BCUT2D eigenvalue weighted by molar-refractivity contribution is 14.1. The summed E-state index contributed by atoms with van der Waals surface area (Å²) in [5.74, 6) is -1.42. The first kappa shape index (κ1) is 17.7. The van der Waals surface area contributed by atoms with E-state index in [4.69, 9.17) is 10.2 Å². The minimum atomic E-state index is -0.714. The smallest absolute Gasteiger partial charge is 0.316 e. The van der Waals surface area contributed by atoms with E-state index in [1.165, 1.54) is 6.42 Å². The third-order valence-corrected chi connectivity index (χ3v) is 4.02. The van der Waals surface area contributed by atoms with Crippen molar-refractivity contribution < 1.29 is 19.8 Å². The van der Waals surface area contributed by atoms with Crippen LogP contribution in [-0.2, 0) is 9.59 Å². The fraction of sp³-hybridized carbons (Fsp3) is 0.846. The van der Waals surface area contributed by atoms with E-state index in [1.807, 2.05) is 22.6 Å². The van der Waals surface area contributed by atoms with Crippen LogP contribution in [0.3, 0.4) is 0 Å². The largest absolute Gasteiger partial charge is 0.481 e. The van der Waals surface area contributed by atoms with Crippen LogP contribution < -0.4 is 0 Å². The number of carboxylic acid groups (broad SMARTS) is 2. The first-order chi connectivity index (χ1) is 8.54. The maximum atomic E-state index is 10.6. The van der Waals surface area contributed by atoms with E-state index in [-0.39, 0.29) is 10.3 Å². The van der Waals surface area contributed by atoms with Crippen LogP contribution in [0.1, 0.15) is 64.2 Å². The number of carbonyl (C=O) groups is 2. The van der Waals surface area contributed by atoms with Crippen LogP contribution in [0.4, 0.5) is 0 Å². The first-order valence-electron chi connectivity index (χ1n) is 6.62. The first-order valence-corrected chi connectivity index (χ1v) is 7.87. The molecule has 106 valence electrons. The van der Waals surface area contributed by atoms with Crippen LogP contribution in [0.2, 0.25) is 0 Å². The molecule has 0 aliphatic heterocycles. The third kappa shape index (κ3) is 12.1. The fourth-order valence-electron chi connectivity index (χ4n) is 1.78. The molecule has 0 saturated carbocycles. The Balaban J connectivity index is 3.12. The highest BCUT2D eigenvalue weighted by Gasteiger charge is 2.11. The Hall–Kier alpha value is -0.330. The van der Waals surface area contributed by atoms with Crippen LogP contribution in [-0.4, -0.2) is 26.1 Å². The van der Waals surface area contributed by atoms with Gasteiger partial charge >= 0.3 is 11.9 Å². The number of aliphatic carboxylic acids is 2. The predicted octanol–water partition coefficient (Wildman–Crippen LogP) is 3.86. The van der Waals surface area contributed by atoms with Crippen LogP contribution in [0, 0.1) is 0 Å². The Labute approximate surface area is 122 Å². The summed E-state index contributed by atoms with van der Waals surface area (Å²) in [6.45, 7) is 0. The SMILES string of the molecule is O=C(O)CCCCCCCCCCC(I)C(=O)O. The molecular weight excluding hydrogens is 347 g/mol. The molecule has 0 fully saturated rings. The zero-order valence-corrected chi connectivity index (χ0v) is 12.9. The Morgan fingerprint density at radius 3 is 1.72 bits per heavy atom. The van der Waals surface area contributed by atoms with Gasteiger partial charge in [0, 0.05) is 6.42 Å². The maximum absolute atomic E-state index is 10.6. The third-order valence-electron chi connectivity index (χ3n) is 2.87. The molecule has 0 bridgehead atoms. The molecular formula is C13H23IO4. The number of alkyl halides is 1. The number of rotatable bonds is 12. The van der Waals surface area contributed by atoms with Crippen LogP contribution in [0.25, 0.3) is 0 Å². The lowest BCUT2D eigenvalue weighted by molar-refractivity contribution is -0.137. The van der Waals surface area contributed by atoms with Gasteiger partial charge in [-0.2, -0.15) is 0 Å². The van der Waals surface area contributed by atoms with E-state index in [0.717, 1.165) is 51.4 Å². The molecule has 0 amide bonds. The van der Waals surface area contributed by atoms with Gasteiger partial charge in [0.1, 0.15) is 3.92 Å². The highest BCUT2D eigenvalue weighted by Crippen LogP contribution is 2.14. The summed E-state index contributed by atoms with van der Waals surface area (Å²) in [5, 5.41) is 17.1. The van der Waals surface area contributed by atoms with Crippen molar-refractivity contribution in [1.29, 1.82) is 0 Å². The highest BCUT2D eigenvalue weighted by atomic mass is 127. The van der Waals surface area contributed by atoms with E-state index < -0.39 is 11.9 Å². The summed E-state index contributed by atoms with van der Waals surface area (Å²) in [6.07, 6.45) is 9.50. The molecule has 0 aliphatic carbocycles. The zero-order chi connectivity index (χ0) is 13.8. The van der Waals surface area contributed by atoms with Gasteiger partial charge in [-0.05, 0) is 12.8 Å². The van der Waals surface area contributed by atoms with Gasteiger partial charge in [0.25, 0.3) is 0 Å². The van der Waals surface area contributed by atoms with Gasteiger partial charge < -0.3 is 10.2 Å². The van der Waals surface area contributed by atoms with Crippen molar-refractivity contribution in [2.45, 2.75) is 68.1 Å². The van der Waals surface area contributed by atoms with Gasteiger partial charge in [-0.25, -0.2) is 0 Å². The molecule has 0 heterocycles. The van der Waals surface area contributed by atoms with Gasteiger partial charge in [-0.3, -0.25) is 9.59 Å². The Kier molecular flexibility index (Phi) is 11.5. The van der Waals surface area contributed by atoms with Crippen LogP contribution in [0.15, 0.2) is 0 Å².